The maximum atomic E-state index is 12.2. The van der Waals surface area contributed by atoms with Crippen LogP contribution in [0.3, 0.4) is 0 Å². The number of anilines is 1. The number of rotatable bonds is 3. The van der Waals surface area contributed by atoms with Gasteiger partial charge in [0, 0.05) is 10.7 Å². The first-order chi connectivity index (χ1) is 9.10. The molecule has 0 atom stereocenters. The topological polar surface area (TPSA) is 51.2 Å². The van der Waals surface area contributed by atoms with E-state index in [4.69, 9.17) is 16.3 Å². The van der Waals surface area contributed by atoms with Gasteiger partial charge in [0.05, 0.1) is 12.7 Å². The van der Waals surface area contributed by atoms with Crippen LogP contribution in [-0.2, 0) is 0 Å². The van der Waals surface area contributed by atoms with Crippen LogP contribution in [0.2, 0.25) is 5.02 Å². The predicted molar refractivity (Wildman–Crippen MR) is 74.9 cm³/mol. The number of aromatic nitrogens is 1. The highest BCUT2D eigenvalue weighted by Gasteiger charge is 2.13. The number of halogens is 1. The van der Waals surface area contributed by atoms with Crippen LogP contribution in [0.15, 0.2) is 36.4 Å². The van der Waals surface area contributed by atoms with Gasteiger partial charge in [0.1, 0.15) is 11.6 Å². The maximum absolute atomic E-state index is 12.2. The van der Waals surface area contributed by atoms with Gasteiger partial charge in [-0.05, 0) is 37.3 Å². The van der Waals surface area contributed by atoms with Crippen molar-refractivity contribution in [3.8, 4) is 5.75 Å². The number of methoxy groups -OCH3 is 1. The van der Waals surface area contributed by atoms with Crippen LogP contribution in [0.1, 0.15) is 16.1 Å². The van der Waals surface area contributed by atoms with Gasteiger partial charge >= 0.3 is 0 Å². The Balaban J connectivity index is 2.27. The molecular formula is C14H13ClN2O2. The number of amides is 1. The third-order valence-corrected chi connectivity index (χ3v) is 2.77. The normalized spacial score (nSPS) is 10.1. The van der Waals surface area contributed by atoms with Crippen LogP contribution in [0, 0.1) is 6.92 Å². The monoisotopic (exact) mass is 276 g/mol. The average Bonchev–Trinajstić information content (AvgIpc) is 2.38. The molecule has 0 aliphatic rings. The number of carbonyl (C=O) groups is 1. The summed E-state index contributed by atoms with van der Waals surface area (Å²) in [6.45, 7) is 1.86. The quantitative estimate of drug-likeness (QED) is 0.936. The van der Waals surface area contributed by atoms with Gasteiger partial charge in [-0.25, -0.2) is 4.98 Å². The van der Waals surface area contributed by atoms with Crippen molar-refractivity contribution in [1.29, 1.82) is 0 Å². The Morgan fingerprint density at radius 1 is 1.32 bits per heavy atom. The molecule has 0 aliphatic heterocycles. The third-order valence-electron chi connectivity index (χ3n) is 2.54. The predicted octanol–water partition coefficient (Wildman–Crippen LogP) is 3.30. The second-order valence-corrected chi connectivity index (χ2v) is 4.40. The van der Waals surface area contributed by atoms with E-state index in [0.29, 0.717) is 22.2 Å². The van der Waals surface area contributed by atoms with Gasteiger partial charge in [-0.3, -0.25) is 4.79 Å². The van der Waals surface area contributed by atoms with Gasteiger partial charge in [0.2, 0.25) is 0 Å². The molecule has 1 aromatic carbocycles. The van der Waals surface area contributed by atoms with Gasteiger partial charge < -0.3 is 10.1 Å². The lowest BCUT2D eigenvalue weighted by Gasteiger charge is -2.09. The number of aryl methyl sites for hydroxylation is 1. The zero-order chi connectivity index (χ0) is 13.8. The summed E-state index contributed by atoms with van der Waals surface area (Å²) in [7, 11) is 1.50. The van der Waals surface area contributed by atoms with Crippen molar-refractivity contribution in [3.63, 3.8) is 0 Å². The molecule has 2 rings (SSSR count). The van der Waals surface area contributed by atoms with Gasteiger partial charge in [-0.1, -0.05) is 17.7 Å². The smallest absolute Gasteiger partial charge is 0.260 e. The highest BCUT2D eigenvalue weighted by atomic mass is 35.5. The van der Waals surface area contributed by atoms with E-state index in [1.807, 2.05) is 19.1 Å². The van der Waals surface area contributed by atoms with E-state index in [1.54, 1.807) is 24.3 Å². The number of pyridine rings is 1. The van der Waals surface area contributed by atoms with Crippen LogP contribution in [0.25, 0.3) is 0 Å². The summed E-state index contributed by atoms with van der Waals surface area (Å²) in [4.78, 5) is 16.4. The van der Waals surface area contributed by atoms with E-state index in [9.17, 15) is 4.79 Å². The molecular weight excluding hydrogens is 264 g/mol. The minimum atomic E-state index is -0.308. The molecule has 0 fully saturated rings. The Morgan fingerprint density at radius 2 is 2.11 bits per heavy atom. The summed E-state index contributed by atoms with van der Waals surface area (Å²) >= 11 is 5.89. The molecule has 0 bridgehead atoms. The molecule has 1 heterocycles. The molecule has 98 valence electrons. The average molecular weight is 277 g/mol. The number of hydrogen-bond donors (Lipinski definition) is 1. The van der Waals surface area contributed by atoms with Crippen molar-refractivity contribution in [3.05, 3.63) is 52.7 Å². The summed E-state index contributed by atoms with van der Waals surface area (Å²) in [5, 5.41) is 3.19. The molecule has 0 spiro atoms. The van der Waals surface area contributed by atoms with Gasteiger partial charge in [0.15, 0.2) is 0 Å². The molecule has 19 heavy (non-hydrogen) atoms. The van der Waals surface area contributed by atoms with Crippen LogP contribution in [-0.4, -0.2) is 18.0 Å². The molecule has 2 aromatic rings. The van der Waals surface area contributed by atoms with E-state index >= 15 is 0 Å². The van der Waals surface area contributed by atoms with Gasteiger partial charge in [0.25, 0.3) is 5.91 Å². The van der Waals surface area contributed by atoms with Crippen LogP contribution in [0.4, 0.5) is 5.82 Å². The molecule has 0 radical (unpaired) electrons. The van der Waals surface area contributed by atoms with E-state index in [-0.39, 0.29) is 5.91 Å². The SMILES string of the molecule is COc1ccc(Cl)cc1C(=O)Nc1cccc(C)n1. The summed E-state index contributed by atoms with van der Waals surface area (Å²) in [6.07, 6.45) is 0. The number of hydrogen-bond acceptors (Lipinski definition) is 3. The zero-order valence-corrected chi connectivity index (χ0v) is 11.4. The lowest BCUT2D eigenvalue weighted by atomic mass is 10.2. The van der Waals surface area contributed by atoms with Crippen LogP contribution < -0.4 is 10.1 Å². The van der Waals surface area contributed by atoms with Crippen molar-refractivity contribution in [2.45, 2.75) is 6.92 Å². The van der Waals surface area contributed by atoms with Gasteiger partial charge in [-0.2, -0.15) is 0 Å². The first-order valence-electron chi connectivity index (χ1n) is 5.68. The molecule has 1 amide bonds. The summed E-state index contributed by atoms with van der Waals surface area (Å²) in [5.74, 6) is 0.652. The fraction of sp³-hybridized carbons (Fsp3) is 0.143. The molecule has 0 saturated carbocycles. The Kier molecular flexibility index (Phi) is 4.02. The second-order valence-electron chi connectivity index (χ2n) is 3.96. The third kappa shape index (κ3) is 3.23. The highest BCUT2D eigenvalue weighted by molar-refractivity contribution is 6.31. The maximum Gasteiger partial charge on any atom is 0.260 e. The Hall–Kier alpha value is -2.07. The molecule has 0 unspecified atom stereocenters. The van der Waals surface area contributed by atoms with E-state index in [0.717, 1.165) is 5.69 Å². The fourth-order valence-corrected chi connectivity index (χ4v) is 1.83. The molecule has 4 nitrogen and oxygen atoms in total. The first kappa shape index (κ1) is 13.4. The van der Waals surface area contributed by atoms with Crippen molar-refractivity contribution < 1.29 is 9.53 Å². The number of carbonyl (C=O) groups excluding carboxylic acids is 1. The van der Waals surface area contributed by atoms with Crippen molar-refractivity contribution in [1.82, 2.24) is 4.98 Å². The molecule has 0 aliphatic carbocycles. The van der Waals surface area contributed by atoms with Crippen molar-refractivity contribution in [2.75, 3.05) is 12.4 Å². The van der Waals surface area contributed by atoms with Gasteiger partial charge in [-0.15, -0.1) is 0 Å². The van der Waals surface area contributed by atoms with Crippen molar-refractivity contribution in [2.24, 2.45) is 0 Å². The molecule has 1 N–H and O–H groups in total. The zero-order valence-electron chi connectivity index (χ0n) is 10.6. The minimum Gasteiger partial charge on any atom is -0.496 e. The largest absolute Gasteiger partial charge is 0.496 e. The lowest BCUT2D eigenvalue weighted by molar-refractivity contribution is 0.102. The highest BCUT2D eigenvalue weighted by Crippen LogP contribution is 2.23. The summed E-state index contributed by atoms with van der Waals surface area (Å²) in [5.41, 5.74) is 1.20. The second kappa shape index (κ2) is 5.71. The number of benzene rings is 1. The lowest BCUT2D eigenvalue weighted by Crippen LogP contribution is -2.14. The van der Waals surface area contributed by atoms with E-state index in [1.165, 1.54) is 7.11 Å². The van der Waals surface area contributed by atoms with Crippen molar-refractivity contribution >= 4 is 23.3 Å². The Morgan fingerprint density at radius 3 is 2.79 bits per heavy atom. The van der Waals surface area contributed by atoms with Crippen LogP contribution in [0.5, 0.6) is 5.75 Å². The standard InChI is InChI=1S/C14H13ClN2O2/c1-9-4-3-5-13(16-9)17-14(18)11-8-10(15)6-7-12(11)19-2/h3-8H,1-2H3,(H,16,17,18). The van der Waals surface area contributed by atoms with E-state index < -0.39 is 0 Å². The number of ether oxygens (including phenoxy) is 1. The Bertz CT molecular complexity index is 614. The fourth-order valence-electron chi connectivity index (χ4n) is 1.65. The molecule has 5 heteroatoms. The summed E-state index contributed by atoms with van der Waals surface area (Å²) in [6, 6.07) is 10.3. The molecule has 1 aromatic heterocycles. The summed E-state index contributed by atoms with van der Waals surface area (Å²) < 4.78 is 5.14. The minimum absolute atomic E-state index is 0.308. The van der Waals surface area contributed by atoms with Crippen LogP contribution >= 0.6 is 11.6 Å². The Labute approximate surface area is 116 Å². The first-order valence-corrected chi connectivity index (χ1v) is 6.06. The van der Waals surface area contributed by atoms with E-state index in [2.05, 4.69) is 10.3 Å². The number of nitrogens with one attached hydrogen (secondary N) is 1. The molecule has 0 saturated heterocycles. The number of nitrogens with zero attached hydrogens (tertiary/aromatic N) is 1.